The fourth-order valence-electron chi connectivity index (χ4n) is 3.57. The van der Waals surface area contributed by atoms with Crippen molar-refractivity contribution < 1.29 is 9.59 Å². The molecule has 0 spiro atoms. The van der Waals surface area contributed by atoms with Crippen LogP contribution in [0.3, 0.4) is 0 Å². The summed E-state index contributed by atoms with van der Waals surface area (Å²) in [7, 11) is 0. The van der Waals surface area contributed by atoms with Gasteiger partial charge in [-0.2, -0.15) is 5.10 Å². The molecule has 0 atom stereocenters. The molecule has 0 aliphatic carbocycles. The predicted octanol–water partition coefficient (Wildman–Crippen LogP) is 5.17. The summed E-state index contributed by atoms with van der Waals surface area (Å²) in [5, 5.41) is 11.4. The Morgan fingerprint density at radius 2 is 1.39 bits per heavy atom. The highest BCUT2D eigenvalue weighted by Gasteiger charge is 2.09. The number of amides is 2. The largest absolute Gasteiger partial charge is 0.326 e. The number of nitrogens with one attached hydrogen (secondary N) is 2. The van der Waals surface area contributed by atoms with E-state index in [4.69, 9.17) is 0 Å². The van der Waals surface area contributed by atoms with Gasteiger partial charge in [0.15, 0.2) is 0 Å². The minimum absolute atomic E-state index is 0.0609. The van der Waals surface area contributed by atoms with Gasteiger partial charge < -0.3 is 5.32 Å². The molecule has 31 heavy (non-hydrogen) atoms. The number of benzene rings is 4. The van der Waals surface area contributed by atoms with Crippen molar-refractivity contribution >= 4 is 45.3 Å². The second kappa shape index (κ2) is 9.22. The molecule has 4 rings (SSSR count). The maximum absolute atomic E-state index is 12.2. The molecule has 0 bridgehead atoms. The van der Waals surface area contributed by atoms with Crippen molar-refractivity contribution in [1.29, 1.82) is 0 Å². The molecule has 0 aliphatic rings. The third-order valence-electron chi connectivity index (χ3n) is 5.19. The molecule has 4 aromatic carbocycles. The van der Waals surface area contributed by atoms with E-state index in [1.807, 2.05) is 67.6 Å². The standard InChI is InChI=1S/C26H23N3O2/c1-18-8-2-7-13-24(18)28-25(30)14-15-26(31)29-27-17-23-21-11-5-3-9-19(21)16-20-10-4-6-12-22(20)23/h2-13,16-17H,14-15H2,1H3,(H,28,30)(H,29,31). The molecular formula is C26H23N3O2. The molecule has 0 aliphatic heterocycles. The van der Waals surface area contributed by atoms with Gasteiger partial charge in [0.1, 0.15) is 0 Å². The summed E-state index contributed by atoms with van der Waals surface area (Å²) in [5.41, 5.74) is 5.23. The first kappa shape index (κ1) is 20.3. The quantitative estimate of drug-likeness (QED) is 0.262. The fourth-order valence-corrected chi connectivity index (χ4v) is 3.57. The van der Waals surface area contributed by atoms with Crippen LogP contribution >= 0.6 is 0 Å². The van der Waals surface area contributed by atoms with Gasteiger partial charge in [-0.3, -0.25) is 9.59 Å². The minimum atomic E-state index is -0.305. The van der Waals surface area contributed by atoms with Crippen molar-refractivity contribution in [3.8, 4) is 0 Å². The average Bonchev–Trinajstić information content (AvgIpc) is 2.79. The highest BCUT2D eigenvalue weighted by Crippen LogP contribution is 2.27. The summed E-state index contributed by atoms with van der Waals surface area (Å²) < 4.78 is 0. The van der Waals surface area contributed by atoms with Crippen LogP contribution in [0.25, 0.3) is 21.5 Å². The number of carbonyl (C=O) groups is 2. The van der Waals surface area contributed by atoms with Crippen molar-refractivity contribution in [2.24, 2.45) is 5.10 Å². The van der Waals surface area contributed by atoms with E-state index < -0.39 is 0 Å². The van der Waals surface area contributed by atoms with E-state index in [0.29, 0.717) is 0 Å². The molecule has 5 heteroatoms. The monoisotopic (exact) mass is 409 g/mol. The van der Waals surface area contributed by atoms with Crippen LogP contribution in [0.1, 0.15) is 24.0 Å². The second-order valence-corrected chi connectivity index (χ2v) is 7.39. The highest BCUT2D eigenvalue weighted by molar-refractivity contribution is 6.13. The molecule has 0 fully saturated rings. The van der Waals surface area contributed by atoms with Crippen molar-refractivity contribution in [3.05, 3.63) is 90.0 Å². The number of aryl methyl sites for hydroxylation is 1. The number of hydrazone groups is 1. The lowest BCUT2D eigenvalue weighted by atomic mass is 9.97. The number of anilines is 1. The third kappa shape index (κ3) is 4.78. The topological polar surface area (TPSA) is 70.6 Å². The molecule has 0 heterocycles. The van der Waals surface area contributed by atoms with Crippen LogP contribution in [0, 0.1) is 6.92 Å². The Bertz CT molecular complexity index is 1240. The van der Waals surface area contributed by atoms with Crippen molar-refractivity contribution in [3.63, 3.8) is 0 Å². The van der Waals surface area contributed by atoms with Gasteiger partial charge in [-0.05, 0) is 46.2 Å². The maximum Gasteiger partial charge on any atom is 0.240 e. The molecule has 0 saturated heterocycles. The Morgan fingerprint density at radius 1 is 0.806 bits per heavy atom. The van der Waals surface area contributed by atoms with Crippen LogP contribution in [-0.4, -0.2) is 18.0 Å². The van der Waals surface area contributed by atoms with Gasteiger partial charge in [-0.1, -0.05) is 66.7 Å². The van der Waals surface area contributed by atoms with Crippen LogP contribution in [0.2, 0.25) is 0 Å². The number of fused-ring (bicyclic) bond motifs is 2. The van der Waals surface area contributed by atoms with Crippen LogP contribution in [-0.2, 0) is 9.59 Å². The molecule has 0 radical (unpaired) electrons. The zero-order valence-corrected chi connectivity index (χ0v) is 17.3. The summed E-state index contributed by atoms with van der Waals surface area (Å²) in [5.74, 6) is -0.505. The summed E-state index contributed by atoms with van der Waals surface area (Å²) in [4.78, 5) is 24.3. The molecular weight excluding hydrogens is 386 g/mol. The van der Waals surface area contributed by atoms with Crippen LogP contribution in [0.5, 0.6) is 0 Å². The van der Waals surface area contributed by atoms with E-state index in [2.05, 4.69) is 34.0 Å². The SMILES string of the molecule is Cc1ccccc1NC(=O)CCC(=O)NN=Cc1c2ccccc2cc2ccccc12. The van der Waals surface area contributed by atoms with Crippen LogP contribution < -0.4 is 10.7 Å². The molecule has 5 nitrogen and oxygen atoms in total. The first-order valence-corrected chi connectivity index (χ1v) is 10.2. The molecule has 2 N–H and O–H groups in total. The molecule has 4 aromatic rings. The fraction of sp³-hybridized carbons (Fsp3) is 0.115. The van der Waals surface area contributed by atoms with Crippen molar-refractivity contribution in [2.45, 2.75) is 19.8 Å². The average molecular weight is 409 g/mol. The Kier molecular flexibility index (Phi) is 6.03. The summed E-state index contributed by atoms with van der Waals surface area (Å²) >= 11 is 0. The maximum atomic E-state index is 12.2. The first-order chi connectivity index (χ1) is 15.1. The number of rotatable bonds is 6. The summed E-state index contributed by atoms with van der Waals surface area (Å²) in [6.45, 7) is 1.92. The Hall–Kier alpha value is -3.99. The lowest BCUT2D eigenvalue weighted by molar-refractivity contribution is -0.124. The predicted molar refractivity (Wildman–Crippen MR) is 126 cm³/mol. The van der Waals surface area contributed by atoms with E-state index in [1.54, 1.807) is 6.21 Å². The van der Waals surface area contributed by atoms with Gasteiger partial charge in [0.05, 0.1) is 6.21 Å². The third-order valence-corrected chi connectivity index (χ3v) is 5.19. The van der Waals surface area contributed by atoms with Crippen molar-refractivity contribution in [2.75, 3.05) is 5.32 Å². The van der Waals surface area contributed by atoms with Gasteiger partial charge in [0.25, 0.3) is 0 Å². The number of para-hydroxylation sites is 1. The summed E-state index contributed by atoms with van der Waals surface area (Å²) in [6, 6.07) is 25.9. The molecule has 2 amide bonds. The normalized spacial score (nSPS) is 11.1. The van der Waals surface area contributed by atoms with Gasteiger partial charge >= 0.3 is 0 Å². The Morgan fingerprint density at radius 3 is 2.06 bits per heavy atom. The zero-order valence-electron chi connectivity index (χ0n) is 17.3. The lowest BCUT2D eigenvalue weighted by Gasteiger charge is -2.08. The summed E-state index contributed by atoms with van der Waals surface area (Å²) in [6.07, 6.45) is 1.83. The highest BCUT2D eigenvalue weighted by atomic mass is 16.2. The van der Waals surface area contributed by atoms with Crippen LogP contribution in [0.4, 0.5) is 5.69 Å². The van der Waals surface area contributed by atoms with Gasteiger partial charge in [-0.15, -0.1) is 0 Å². The smallest absolute Gasteiger partial charge is 0.240 e. The van der Waals surface area contributed by atoms with E-state index in [9.17, 15) is 9.59 Å². The zero-order chi connectivity index (χ0) is 21.6. The second-order valence-electron chi connectivity index (χ2n) is 7.39. The molecule has 154 valence electrons. The van der Waals surface area contributed by atoms with Gasteiger partial charge in [0.2, 0.25) is 11.8 Å². The van der Waals surface area contributed by atoms with Gasteiger partial charge in [-0.25, -0.2) is 5.43 Å². The molecule has 0 aromatic heterocycles. The number of nitrogens with zero attached hydrogens (tertiary/aromatic N) is 1. The number of hydrogen-bond acceptors (Lipinski definition) is 3. The van der Waals surface area contributed by atoms with Crippen LogP contribution in [0.15, 0.2) is 84.0 Å². The van der Waals surface area contributed by atoms with E-state index in [0.717, 1.165) is 38.4 Å². The molecule has 0 unspecified atom stereocenters. The van der Waals surface area contributed by atoms with Crippen molar-refractivity contribution in [1.82, 2.24) is 5.43 Å². The number of hydrogen-bond donors (Lipinski definition) is 2. The first-order valence-electron chi connectivity index (χ1n) is 10.2. The van der Waals surface area contributed by atoms with E-state index in [-0.39, 0.29) is 24.7 Å². The Balaban J connectivity index is 1.41. The van der Waals surface area contributed by atoms with E-state index in [1.165, 1.54) is 0 Å². The number of carbonyl (C=O) groups excluding carboxylic acids is 2. The van der Waals surface area contributed by atoms with Gasteiger partial charge in [0, 0.05) is 24.1 Å². The minimum Gasteiger partial charge on any atom is -0.326 e. The molecule has 0 saturated carbocycles. The van der Waals surface area contributed by atoms with E-state index >= 15 is 0 Å². The lowest BCUT2D eigenvalue weighted by Crippen LogP contribution is -2.20. The Labute approximate surface area is 180 Å².